The van der Waals surface area contributed by atoms with Crippen LogP contribution < -0.4 is 10.6 Å². The summed E-state index contributed by atoms with van der Waals surface area (Å²) in [6.07, 6.45) is 4.04. The van der Waals surface area contributed by atoms with Crippen LogP contribution in [-0.4, -0.2) is 73.8 Å². The standard InChI is InChI=1S/C32H34F3N5O5/c1-44-17-27-28(30(41)45-2)29(19-5-10-25(34)26(35)14-19)40(32(43)38-27)31(42)37-22-11-12-39(16-22)23-7-3-18(4-8-23)24-9-6-21(33)13-20(24)15-36/h5-6,9-10,13-14,18,22-23,29H,3-4,7-8,11-12,16-17H2,1-2H3,(H,37,42)(H,38,43). The molecule has 2 fully saturated rings. The molecule has 5 rings (SSSR count). The molecule has 2 heterocycles. The number of nitrogens with zero attached hydrogens (tertiary/aromatic N) is 3. The summed E-state index contributed by atoms with van der Waals surface area (Å²) < 4.78 is 51.9. The Kier molecular flexibility index (Phi) is 9.74. The molecule has 0 bridgehead atoms. The molecule has 2 unspecified atom stereocenters. The van der Waals surface area contributed by atoms with Crippen LogP contribution in [0.1, 0.15) is 60.8 Å². The zero-order chi connectivity index (χ0) is 32.2. The first-order valence-corrected chi connectivity index (χ1v) is 14.7. The molecule has 2 aromatic carbocycles. The number of halogens is 3. The Morgan fingerprint density at radius 3 is 2.47 bits per heavy atom. The van der Waals surface area contributed by atoms with Gasteiger partial charge in [-0.25, -0.2) is 32.5 Å². The third-order valence-corrected chi connectivity index (χ3v) is 8.84. The summed E-state index contributed by atoms with van der Waals surface area (Å²) in [6, 6.07) is 6.21. The lowest BCUT2D eigenvalue weighted by Crippen LogP contribution is -2.56. The minimum absolute atomic E-state index is 0.00146. The van der Waals surface area contributed by atoms with Gasteiger partial charge in [0, 0.05) is 32.3 Å². The monoisotopic (exact) mass is 625 g/mol. The van der Waals surface area contributed by atoms with Gasteiger partial charge < -0.3 is 20.1 Å². The van der Waals surface area contributed by atoms with Crippen molar-refractivity contribution in [3.63, 3.8) is 0 Å². The number of likely N-dealkylation sites (tertiary alicyclic amines) is 1. The molecule has 2 N–H and O–H groups in total. The normalized spacial score (nSPS) is 23.8. The van der Waals surface area contributed by atoms with E-state index in [0.29, 0.717) is 25.1 Å². The first-order chi connectivity index (χ1) is 21.6. The summed E-state index contributed by atoms with van der Waals surface area (Å²) in [6.45, 7) is 1.04. The number of nitriles is 1. The highest BCUT2D eigenvalue weighted by Gasteiger charge is 2.44. The number of hydrogen-bond acceptors (Lipinski definition) is 7. The number of ether oxygens (including phenoxy) is 2. The maximum absolute atomic E-state index is 14.4. The molecular weight excluding hydrogens is 591 g/mol. The number of esters is 1. The average molecular weight is 626 g/mol. The van der Waals surface area contributed by atoms with Crippen LogP contribution in [0.2, 0.25) is 0 Å². The number of methoxy groups -OCH3 is 2. The highest BCUT2D eigenvalue weighted by molar-refractivity contribution is 6.01. The minimum Gasteiger partial charge on any atom is -0.466 e. The summed E-state index contributed by atoms with van der Waals surface area (Å²) in [5.74, 6) is -3.47. The summed E-state index contributed by atoms with van der Waals surface area (Å²) in [5, 5.41) is 14.9. The van der Waals surface area contributed by atoms with E-state index >= 15 is 0 Å². The maximum atomic E-state index is 14.4. The van der Waals surface area contributed by atoms with E-state index in [1.165, 1.54) is 25.3 Å². The van der Waals surface area contributed by atoms with E-state index in [1.54, 1.807) is 6.07 Å². The van der Waals surface area contributed by atoms with Gasteiger partial charge in [0.25, 0.3) is 0 Å². The summed E-state index contributed by atoms with van der Waals surface area (Å²) in [7, 11) is 2.48. The van der Waals surface area contributed by atoms with E-state index in [0.717, 1.165) is 55.4 Å². The van der Waals surface area contributed by atoms with Crippen LogP contribution in [0.5, 0.6) is 0 Å². The van der Waals surface area contributed by atoms with Gasteiger partial charge in [-0.3, -0.25) is 4.90 Å². The minimum atomic E-state index is -1.41. The lowest BCUT2D eigenvalue weighted by Gasteiger charge is -2.37. The van der Waals surface area contributed by atoms with Gasteiger partial charge in [0.1, 0.15) is 11.9 Å². The Morgan fingerprint density at radius 2 is 1.80 bits per heavy atom. The molecule has 2 atom stereocenters. The maximum Gasteiger partial charge on any atom is 0.338 e. The number of rotatable bonds is 7. The smallest absolute Gasteiger partial charge is 0.338 e. The molecule has 3 aliphatic rings. The van der Waals surface area contributed by atoms with E-state index in [-0.39, 0.29) is 41.4 Å². The van der Waals surface area contributed by atoms with Gasteiger partial charge in [0.05, 0.1) is 36.6 Å². The highest BCUT2D eigenvalue weighted by Crippen LogP contribution is 2.38. The predicted molar refractivity (Wildman–Crippen MR) is 155 cm³/mol. The Bertz CT molecular complexity index is 1550. The molecule has 238 valence electrons. The molecular formula is C32H34F3N5O5. The van der Waals surface area contributed by atoms with E-state index in [2.05, 4.69) is 21.6 Å². The molecule has 13 heteroatoms. The van der Waals surface area contributed by atoms with Crippen LogP contribution in [0.4, 0.5) is 22.8 Å². The van der Waals surface area contributed by atoms with E-state index in [4.69, 9.17) is 9.47 Å². The number of imide groups is 1. The summed E-state index contributed by atoms with van der Waals surface area (Å²) >= 11 is 0. The Morgan fingerprint density at radius 1 is 1.04 bits per heavy atom. The molecule has 2 aromatic rings. The number of carbonyl (C=O) groups is 3. The summed E-state index contributed by atoms with van der Waals surface area (Å²) in [4.78, 5) is 43.0. The molecule has 1 saturated carbocycles. The largest absolute Gasteiger partial charge is 0.466 e. The number of amides is 4. The third-order valence-electron chi connectivity index (χ3n) is 8.84. The zero-order valence-corrected chi connectivity index (χ0v) is 24.9. The number of nitrogens with one attached hydrogen (secondary N) is 2. The molecule has 45 heavy (non-hydrogen) atoms. The van der Waals surface area contributed by atoms with Gasteiger partial charge in [0.2, 0.25) is 0 Å². The number of benzene rings is 2. The van der Waals surface area contributed by atoms with Crippen LogP contribution in [0.25, 0.3) is 0 Å². The first-order valence-electron chi connectivity index (χ1n) is 14.7. The molecule has 0 spiro atoms. The molecule has 10 nitrogen and oxygen atoms in total. The lowest BCUT2D eigenvalue weighted by molar-refractivity contribution is -0.137. The van der Waals surface area contributed by atoms with Gasteiger partial charge >= 0.3 is 18.0 Å². The van der Waals surface area contributed by atoms with Gasteiger partial charge in [0.15, 0.2) is 11.6 Å². The zero-order valence-electron chi connectivity index (χ0n) is 24.9. The van der Waals surface area contributed by atoms with E-state index < -0.39 is 41.5 Å². The Labute approximate surface area is 258 Å². The fourth-order valence-electron chi connectivity index (χ4n) is 6.69. The van der Waals surface area contributed by atoms with Crippen LogP contribution >= 0.6 is 0 Å². The van der Waals surface area contributed by atoms with Crippen molar-refractivity contribution in [1.82, 2.24) is 20.4 Å². The SMILES string of the molecule is COCC1=C(C(=O)OC)C(c2ccc(F)c(F)c2)N(C(=O)NC2CCN(C3CCC(c4ccc(F)cc4C#N)CC3)C2)C(=O)N1. The highest BCUT2D eigenvalue weighted by atomic mass is 19.2. The molecule has 0 radical (unpaired) electrons. The van der Waals surface area contributed by atoms with Crippen LogP contribution in [-0.2, 0) is 14.3 Å². The number of hydrogen-bond donors (Lipinski definition) is 2. The number of carbonyl (C=O) groups excluding carboxylic acids is 3. The lowest BCUT2D eigenvalue weighted by atomic mass is 9.80. The van der Waals surface area contributed by atoms with Crippen molar-refractivity contribution in [2.75, 3.05) is 33.9 Å². The third kappa shape index (κ3) is 6.67. The second kappa shape index (κ2) is 13.7. The van der Waals surface area contributed by atoms with Gasteiger partial charge in [-0.1, -0.05) is 12.1 Å². The quantitative estimate of drug-likeness (QED) is 0.430. The van der Waals surface area contributed by atoms with Gasteiger partial charge in [-0.2, -0.15) is 5.26 Å². The van der Waals surface area contributed by atoms with Gasteiger partial charge in [-0.05, 0) is 73.4 Å². The predicted octanol–water partition coefficient (Wildman–Crippen LogP) is 4.63. The van der Waals surface area contributed by atoms with E-state index in [9.17, 15) is 32.8 Å². The van der Waals surface area contributed by atoms with Crippen molar-refractivity contribution in [1.29, 1.82) is 5.26 Å². The van der Waals surface area contributed by atoms with Crippen molar-refractivity contribution in [2.45, 2.75) is 56.1 Å². The fourth-order valence-corrected chi connectivity index (χ4v) is 6.69. The molecule has 0 aromatic heterocycles. The second-order valence-corrected chi connectivity index (χ2v) is 11.5. The molecule has 4 amide bonds. The first kappa shape index (κ1) is 32.0. The van der Waals surface area contributed by atoms with Crippen molar-refractivity contribution in [2.24, 2.45) is 0 Å². The Hall–Kier alpha value is -4.41. The van der Waals surface area contributed by atoms with Crippen molar-refractivity contribution >= 4 is 18.0 Å². The van der Waals surface area contributed by atoms with Crippen molar-refractivity contribution < 1.29 is 37.0 Å². The summed E-state index contributed by atoms with van der Waals surface area (Å²) in [5.41, 5.74) is 1.13. The fraction of sp³-hybridized carbons (Fsp3) is 0.438. The topological polar surface area (TPSA) is 124 Å². The van der Waals surface area contributed by atoms with Crippen LogP contribution in [0.3, 0.4) is 0 Å². The van der Waals surface area contributed by atoms with Crippen molar-refractivity contribution in [3.05, 3.63) is 81.8 Å². The average Bonchev–Trinajstić information content (AvgIpc) is 3.50. The molecule has 1 saturated heterocycles. The van der Waals surface area contributed by atoms with Crippen LogP contribution in [0.15, 0.2) is 47.7 Å². The Balaban J connectivity index is 1.29. The van der Waals surface area contributed by atoms with Gasteiger partial charge in [-0.15, -0.1) is 0 Å². The molecule has 1 aliphatic carbocycles. The van der Waals surface area contributed by atoms with E-state index in [1.807, 2.05) is 0 Å². The molecule has 2 aliphatic heterocycles. The number of urea groups is 2. The second-order valence-electron chi connectivity index (χ2n) is 11.5. The van der Waals surface area contributed by atoms with Crippen LogP contribution in [0, 0.1) is 28.8 Å². The van der Waals surface area contributed by atoms with Crippen molar-refractivity contribution in [3.8, 4) is 6.07 Å².